The lowest BCUT2D eigenvalue weighted by atomic mass is 9.84. The zero-order valence-corrected chi connectivity index (χ0v) is 14.6. The highest BCUT2D eigenvalue weighted by atomic mass is 16.5. The molecule has 0 heterocycles. The lowest BCUT2D eigenvalue weighted by Gasteiger charge is -2.27. The molecule has 4 nitrogen and oxygen atoms in total. The molecule has 0 spiro atoms. The Bertz CT molecular complexity index is 768. The first-order valence-electron chi connectivity index (χ1n) is 8.68. The van der Waals surface area contributed by atoms with Crippen LogP contribution in [0.3, 0.4) is 0 Å². The van der Waals surface area contributed by atoms with Gasteiger partial charge in [-0.1, -0.05) is 44.2 Å². The topological polar surface area (TPSA) is 55.4 Å². The number of rotatable bonds is 6. The fourth-order valence-corrected chi connectivity index (χ4v) is 3.30. The normalized spacial score (nSPS) is 16.6. The standard InChI is InChI=1S/C21H23NO3/c1-14(2)22-19-10-8-16-17(21(19)24)9-11-20(18(16)12-23)25-13-15-6-4-3-5-7-15/h3-7,9,11-12,14,19,22H,8,10,13H2,1-2H3. The van der Waals surface area contributed by atoms with Crippen LogP contribution < -0.4 is 10.1 Å². The Labute approximate surface area is 148 Å². The van der Waals surface area contributed by atoms with Crippen molar-refractivity contribution in [2.75, 3.05) is 0 Å². The number of benzene rings is 2. The van der Waals surface area contributed by atoms with Crippen LogP contribution in [-0.2, 0) is 13.0 Å². The number of nitrogens with one attached hydrogen (secondary N) is 1. The van der Waals surface area contributed by atoms with E-state index < -0.39 is 0 Å². The summed E-state index contributed by atoms with van der Waals surface area (Å²) in [7, 11) is 0. The smallest absolute Gasteiger partial charge is 0.180 e. The van der Waals surface area contributed by atoms with Crippen LogP contribution in [0.15, 0.2) is 42.5 Å². The van der Waals surface area contributed by atoms with Crippen molar-refractivity contribution in [1.29, 1.82) is 0 Å². The van der Waals surface area contributed by atoms with Gasteiger partial charge in [-0.2, -0.15) is 0 Å². The first-order valence-corrected chi connectivity index (χ1v) is 8.68. The molecule has 0 radical (unpaired) electrons. The highest BCUT2D eigenvalue weighted by Crippen LogP contribution is 2.31. The fraction of sp³-hybridized carbons (Fsp3) is 0.333. The zero-order chi connectivity index (χ0) is 17.8. The molecule has 130 valence electrons. The second-order valence-corrected chi connectivity index (χ2v) is 6.67. The summed E-state index contributed by atoms with van der Waals surface area (Å²) in [6, 6.07) is 13.4. The Morgan fingerprint density at radius 1 is 1.20 bits per heavy atom. The monoisotopic (exact) mass is 337 g/mol. The summed E-state index contributed by atoms with van der Waals surface area (Å²) in [6.45, 7) is 4.45. The Kier molecular flexibility index (Phi) is 5.29. The van der Waals surface area contributed by atoms with Gasteiger partial charge in [-0.25, -0.2) is 0 Å². The molecule has 0 aliphatic heterocycles. The molecular weight excluding hydrogens is 314 g/mol. The maximum atomic E-state index is 12.7. The van der Waals surface area contributed by atoms with Crippen molar-refractivity contribution in [1.82, 2.24) is 5.32 Å². The van der Waals surface area contributed by atoms with Crippen LogP contribution in [0.5, 0.6) is 5.75 Å². The van der Waals surface area contributed by atoms with Crippen molar-refractivity contribution in [2.45, 2.75) is 45.4 Å². The number of ketones is 1. The van der Waals surface area contributed by atoms with Crippen LogP contribution in [0.1, 0.15) is 52.1 Å². The zero-order valence-electron chi connectivity index (χ0n) is 14.6. The maximum absolute atomic E-state index is 12.7. The van der Waals surface area contributed by atoms with Gasteiger partial charge in [0.1, 0.15) is 12.4 Å². The predicted molar refractivity (Wildman–Crippen MR) is 97.3 cm³/mol. The summed E-state index contributed by atoms with van der Waals surface area (Å²) in [5.41, 5.74) is 2.99. The second kappa shape index (κ2) is 7.62. The number of fused-ring (bicyclic) bond motifs is 1. The van der Waals surface area contributed by atoms with Crippen LogP contribution in [-0.4, -0.2) is 24.2 Å². The molecule has 2 aromatic carbocycles. The molecule has 2 aromatic rings. The third-order valence-electron chi connectivity index (χ3n) is 4.47. The third kappa shape index (κ3) is 3.80. The van der Waals surface area contributed by atoms with Crippen LogP contribution in [0, 0.1) is 0 Å². The predicted octanol–water partition coefficient (Wildman–Crippen LogP) is 3.57. The van der Waals surface area contributed by atoms with Gasteiger partial charge < -0.3 is 10.1 Å². The van der Waals surface area contributed by atoms with Crippen LogP contribution in [0.4, 0.5) is 0 Å². The molecule has 1 aliphatic rings. The molecule has 25 heavy (non-hydrogen) atoms. The Hall–Kier alpha value is -2.46. The summed E-state index contributed by atoms with van der Waals surface area (Å²) >= 11 is 0. The molecule has 1 N–H and O–H groups in total. The van der Waals surface area contributed by atoms with Gasteiger partial charge in [0.2, 0.25) is 0 Å². The summed E-state index contributed by atoms with van der Waals surface area (Å²) < 4.78 is 5.85. The average Bonchev–Trinajstić information content (AvgIpc) is 2.62. The van der Waals surface area contributed by atoms with E-state index in [-0.39, 0.29) is 17.9 Å². The van der Waals surface area contributed by atoms with E-state index in [0.717, 1.165) is 17.4 Å². The van der Waals surface area contributed by atoms with Crippen molar-refractivity contribution in [3.05, 3.63) is 64.7 Å². The Morgan fingerprint density at radius 2 is 1.96 bits per heavy atom. The van der Waals surface area contributed by atoms with E-state index in [2.05, 4.69) is 5.32 Å². The van der Waals surface area contributed by atoms with E-state index in [1.807, 2.05) is 44.2 Å². The number of carbonyl (C=O) groups excluding carboxylic acids is 2. The van der Waals surface area contributed by atoms with Crippen molar-refractivity contribution in [3.63, 3.8) is 0 Å². The Balaban J connectivity index is 1.84. The molecule has 1 aliphatic carbocycles. The third-order valence-corrected chi connectivity index (χ3v) is 4.47. The lowest BCUT2D eigenvalue weighted by Crippen LogP contribution is -2.43. The molecule has 0 saturated carbocycles. The minimum absolute atomic E-state index is 0.0626. The SMILES string of the molecule is CC(C)NC1CCc2c(ccc(OCc3ccccc3)c2C=O)C1=O. The van der Waals surface area contributed by atoms with Crippen molar-refractivity contribution in [3.8, 4) is 5.75 Å². The van der Waals surface area contributed by atoms with Crippen molar-refractivity contribution in [2.24, 2.45) is 0 Å². The highest BCUT2D eigenvalue weighted by molar-refractivity contribution is 6.04. The Morgan fingerprint density at radius 3 is 2.64 bits per heavy atom. The first-order chi connectivity index (χ1) is 12.1. The summed E-state index contributed by atoms with van der Waals surface area (Å²) in [4.78, 5) is 24.4. The molecule has 0 bridgehead atoms. The van der Waals surface area contributed by atoms with E-state index in [1.54, 1.807) is 12.1 Å². The molecule has 3 rings (SSSR count). The molecule has 0 amide bonds. The van der Waals surface area contributed by atoms with Crippen molar-refractivity contribution >= 4 is 12.1 Å². The average molecular weight is 337 g/mol. The van der Waals surface area contributed by atoms with E-state index in [1.165, 1.54) is 0 Å². The summed E-state index contributed by atoms with van der Waals surface area (Å²) in [5.74, 6) is 0.605. The van der Waals surface area contributed by atoms with E-state index in [9.17, 15) is 9.59 Å². The van der Waals surface area contributed by atoms with Gasteiger partial charge in [-0.3, -0.25) is 9.59 Å². The van der Waals surface area contributed by atoms with E-state index >= 15 is 0 Å². The lowest BCUT2D eigenvalue weighted by molar-refractivity contribution is 0.0922. The minimum atomic E-state index is -0.178. The van der Waals surface area contributed by atoms with Gasteiger partial charge in [0.25, 0.3) is 0 Å². The number of carbonyl (C=O) groups is 2. The van der Waals surface area contributed by atoms with Crippen LogP contribution >= 0.6 is 0 Å². The van der Waals surface area contributed by atoms with Gasteiger partial charge in [0.15, 0.2) is 12.1 Å². The number of aldehydes is 1. The molecule has 1 unspecified atom stereocenters. The highest BCUT2D eigenvalue weighted by Gasteiger charge is 2.30. The van der Waals surface area contributed by atoms with Crippen LogP contribution in [0.2, 0.25) is 0 Å². The van der Waals surface area contributed by atoms with E-state index in [4.69, 9.17) is 4.74 Å². The summed E-state index contributed by atoms with van der Waals surface area (Å²) in [6.07, 6.45) is 2.21. The van der Waals surface area contributed by atoms with Gasteiger partial charge in [-0.15, -0.1) is 0 Å². The first kappa shape index (κ1) is 17.4. The summed E-state index contributed by atoms with van der Waals surface area (Å²) in [5, 5.41) is 3.30. The number of ether oxygens (including phenoxy) is 1. The second-order valence-electron chi connectivity index (χ2n) is 6.67. The largest absolute Gasteiger partial charge is 0.488 e. The molecule has 0 saturated heterocycles. The van der Waals surface area contributed by atoms with Gasteiger partial charge >= 0.3 is 0 Å². The quantitative estimate of drug-likeness (QED) is 0.819. The number of hydrogen-bond donors (Lipinski definition) is 1. The molecular formula is C21H23NO3. The number of Topliss-reactive ketones (excluding diaryl/α,β-unsaturated/α-hetero) is 1. The molecule has 4 heteroatoms. The van der Waals surface area contributed by atoms with Gasteiger partial charge in [0, 0.05) is 11.6 Å². The van der Waals surface area contributed by atoms with E-state index in [0.29, 0.717) is 36.3 Å². The maximum Gasteiger partial charge on any atom is 0.180 e. The van der Waals surface area contributed by atoms with Crippen molar-refractivity contribution < 1.29 is 14.3 Å². The molecule has 1 atom stereocenters. The molecule has 0 aromatic heterocycles. The van der Waals surface area contributed by atoms with Gasteiger partial charge in [0.05, 0.1) is 11.6 Å². The fourth-order valence-electron chi connectivity index (χ4n) is 3.30. The molecule has 0 fully saturated rings. The minimum Gasteiger partial charge on any atom is -0.488 e. The van der Waals surface area contributed by atoms with Crippen LogP contribution in [0.25, 0.3) is 0 Å². The van der Waals surface area contributed by atoms with Gasteiger partial charge in [-0.05, 0) is 36.1 Å². The number of hydrogen-bond acceptors (Lipinski definition) is 4.